The molecular weight excluding hydrogens is 374 g/mol. The first-order valence-corrected chi connectivity index (χ1v) is 12.2. The van der Waals surface area contributed by atoms with E-state index in [0.717, 1.165) is 38.4 Å². The fourth-order valence-electron chi connectivity index (χ4n) is 6.80. The second-order valence-electron chi connectivity index (χ2n) is 10.2. The number of carbonyl (C=O) groups is 1. The van der Waals surface area contributed by atoms with Gasteiger partial charge < -0.3 is 15.3 Å². The molecule has 1 spiro atoms. The summed E-state index contributed by atoms with van der Waals surface area (Å²) in [6, 6.07) is 11.3. The van der Waals surface area contributed by atoms with Crippen LogP contribution in [0.3, 0.4) is 0 Å². The number of amides is 2. The maximum Gasteiger partial charge on any atom is 0.317 e. The molecule has 1 aromatic carbocycles. The van der Waals surface area contributed by atoms with Gasteiger partial charge in [-0.2, -0.15) is 0 Å². The third kappa shape index (κ3) is 3.54. The van der Waals surface area contributed by atoms with Crippen LogP contribution in [0.25, 0.3) is 0 Å². The topological polar surface area (TPSA) is 55.8 Å². The molecule has 2 aliphatic heterocycles. The molecule has 30 heavy (non-hydrogen) atoms. The van der Waals surface area contributed by atoms with Crippen LogP contribution < -0.4 is 5.32 Å². The van der Waals surface area contributed by atoms with E-state index in [1.165, 1.54) is 50.5 Å². The van der Waals surface area contributed by atoms with Crippen molar-refractivity contribution < 1.29 is 9.90 Å². The smallest absolute Gasteiger partial charge is 0.317 e. The van der Waals surface area contributed by atoms with Gasteiger partial charge in [0.05, 0.1) is 12.1 Å². The van der Waals surface area contributed by atoms with Crippen LogP contribution in [0.1, 0.15) is 69.3 Å². The molecule has 0 bridgehead atoms. The van der Waals surface area contributed by atoms with Crippen LogP contribution in [0.5, 0.6) is 0 Å². The Bertz CT molecular complexity index is 721. The molecule has 0 aromatic heterocycles. The third-order valence-corrected chi connectivity index (χ3v) is 8.36. The van der Waals surface area contributed by atoms with Crippen LogP contribution in [0.15, 0.2) is 30.3 Å². The van der Waals surface area contributed by atoms with Gasteiger partial charge in [-0.15, -0.1) is 0 Å². The number of hydrogen-bond donors (Lipinski definition) is 2. The fraction of sp³-hybridized carbons (Fsp3) is 0.720. The molecule has 4 aliphatic rings. The quantitative estimate of drug-likeness (QED) is 0.776. The van der Waals surface area contributed by atoms with Crippen molar-refractivity contribution in [1.29, 1.82) is 0 Å². The Kier molecular flexibility index (Phi) is 5.76. The summed E-state index contributed by atoms with van der Waals surface area (Å²) in [5.74, 6) is 1.06. The number of aliphatic hydroxyl groups excluding tert-OH is 1. The van der Waals surface area contributed by atoms with Gasteiger partial charge in [-0.3, -0.25) is 4.90 Å². The predicted molar refractivity (Wildman–Crippen MR) is 118 cm³/mol. The van der Waals surface area contributed by atoms with Crippen molar-refractivity contribution in [2.45, 2.75) is 81.3 Å². The molecule has 2 amide bonds. The van der Waals surface area contributed by atoms with E-state index in [9.17, 15) is 9.90 Å². The Morgan fingerprint density at radius 1 is 1.00 bits per heavy atom. The summed E-state index contributed by atoms with van der Waals surface area (Å²) in [5, 5.41) is 13.6. The van der Waals surface area contributed by atoms with Crippen LogP contribution in [-0.4, -0.2) is 64.8 Å². The summed E-state index contributed by atoms with van der Waals surface area (Å²) in [7, 11) is 0. The van der Waals surface area contributed by atoms with E-state index in [0.29, 0.717) is 12.0 Å². The van der Waals surface area contributed by atoms with Crippen LogP contribution in [0.4, 0.5) is 4.79 Å². The molecule has 2 aliphatic carbocycles. The maximum absolute atomic E-state index is 12.9. The lowest BCUT2D eigenvalue weighted by Gasteiger charge is -2.71. The van der Waals surface area contributed by atoms with Crippen LogP contribution in [-0.2, 0) is 0 Å². The minimum atomic E-state index is 0.00123. The van der Waals surface area contributed by atoms with E-state index in [1.54, 1.807) is 0 Å². The molecule has 4 fully saturated rings. The molecule has 2 atom stereocenters. The molecule has 164 valence electrons. The Labute approximate surface area is 180 Å². The van der Waals surface area contributed by atoms with Gasteiger partial charge in [0.15, 0.2) is 0 Å². The summed E-state index contributed by atoms with van der Waals surface area (Å²) >= 11 is 0. The van der Waals surface area contributed by atoms with Crippen molar-refractivity contribution in [2.75, 3.05) is 26.2 Å². The van der Waals surface area contributed by atoms with E-state index >= 15 is 0 Å². The Hall–Kier alpha value is -1.59. The molecule has 5 rings (SSSR count). The fourth-order valence-corrected chi connectivity index (χ4v) is 6.80. The van der Waals surface area contributed by atoms with Crippen LogP contribution >= 0.6 is 0 Å². The van der Waals surface area contributed by atoms with Gasteiger partial charge in [-0.1, -0.05) is 62.4 Å². The molecule has 1 aromatic rings. The largest absolute Gasteiger partial charge is 0.395 e. The minimum absolute atomic E-state index is 0.00123. The highest BCUT2D eigenvalue weighted by molar-refractivity contribution is 5.76. The van der Waals surface area contributed by atoms with Crippen LogP contribution in [0.2, 0.25) is 0 Å². The summed E-state index contributed by atoms with van der Waals surface area (Å²) in [6.45, 7) is 2.84. The molecule has 2 heterocycles. The van der Waals surface area contributed by atoms with Crippen molar-refractivity contribution in [2.24, 2.45) is 5.92 Å². The zero-order valence-electron chi connectivity index (χ0n) is 18.1. The number of carbonyl (C=O) groups excluding carboxylic acids is 1. The van der Waals surface area contributed by atoms with E-state index in [4.69, 9.17) is 0 Å². The normalized spacial score (nSPS) is 29.6. The molecule has 5 heteroatoms. The van der Waals surface area contributed by atoms with Crippen molar-refractivity contribution in [3.63, 3.8) is 0 Å². The van der Waals surface area contributed by atoms with Gasteiger partial charge in [0.25, 0.3) is 0 Å². The monoisotopic (exact) mass is 411 g/mol. The summed E-state index contributed by atoms with van der Waals surface area (Å²) < 4.78 is 0. The summed E-state index contributed by atoms with van der Waals surface area (Å²) in [4.78, 5) is 17.5. The lowest BCUT2D eigenvalue weighted by Crippen LogP contribution is -2.85. The molecule has 2 N–H and O–H groups in total. The van der Waals surface area contributed by atoms with E-state index in [-0.39, 0.29) is 24.2 Å². The Morgan fingerprint density at radius 3 is 2.33 bits per heavy atom. The zero-order chi connectivity index (χ0) is 20.6. The number of hydrogen-bond acceptors (Lipinski definition) is 3. The highest BCUT2D eigenvalue weighted by atomic mass is 16.3. The summed E-state index contributed by atoms with van der Waals surface area (Å²) in [6.07, 6.45) is 11.3. The first-order valence-electron chi connectivity index (χ1n) is 12.2. The highest BCUT2D eigenvalue weighted by Gasteiger charge is 2.66. The second-order valence-corrected chi connectivity index (χ2v) is 10.2. The lowest BCUT2D eigenvalue weighted by molar-refractivity contribution is -0.183. The van der Waals surface area contributed by atoms with Crippen molar-refractivity contribution in [3.05, 3.63) is 35.9 Å². The van der Waals surface area contributed by atoms with E-state index in [2.05, 4.69) is 40.5 Å². The number of aliphatic hydroxyl groups is 1. The van der Waals surface area contributed by atoms with Crippen molar-refractivity contribution in [1.82, 2.24) is 15.1 Å². The number of urea groups is 1. The molecule has 0 radical (unpaired) electrons. The maximum atomic E-state index is 12.9. The van der Waals surface area contributed by atoms with Gasteiger partial charge >= 0.3 is 6.03 Å². The number of likely N-dealkylation sites (tertiary alicyclic amines) is 2. The minimum Gasteiger partial charge on any atom is -0.395 e. The Morgan fingerprint density at radius 2 is 1.67 bits per heavy atom. The average molecular weight is 412 g/mol. The number of nitrogens with one attached hydrogen (secondary N) is 1. The molecule has 5 nitrogen and oxygen atoms in total. The second kappa shape index (κ2) is 8.51. The van der Waals surface area contributed by atoms with Gasteiger partial charge in [-0.05, 0) is 37.2 Å². The molecule has 0 unspecified atom stereocenters. The van der Waals surface area contributed by atoms with Gasteiger partial charge in [0.1, 0.15) is 0 Å². The number of nitrogens with zero attached hydrogens (tertiary/aromatic N) is 2. The van der Waals surface area contributed by atoms with E-state index in [1.807, 2.05) is 4.90 Å². The first-order chi connectivity index (χ1) is 14.7. The number of rotatable bonds is 5. The Balaban J connectivity index is 1.31. The molecular formula is C25H37N3O2. The van der Waals surface area contributed by atoms with Gasteiger partial charge in [-0.25, -0.2) is 4.79 Å². The SMILES string of the molecule is O=C(NC1CCCCC1)N1CC2(C1)[C@H](c1ccccc1)[C@H](CO)N2CC1CCCC1. The van der Waals surface area contributed by atoms with Crippen molar-refractivity contribution in [3.8, 4) is 0 Å². The van der Waals surface area contributed by atoms with Gasteiger partial charge in [0, 0.05) is 37.6 Å². The van der Waals surface area contributed by atoms with Crippen LogP contribution in [0, 0.1) is 5.92 Å². The third-order valence-electron chi connectivity index (χ3n) is 8.36. The molecule has 2 saturated carbocycles. The predicted octanol–water partition coefficient (Wildman–Crippen LogP) is 3.73. The van der Waals surface area contributed by atoms with Gasteiger partial charge in [0.2, 0.25) is 0 Å². The first kappa shape index (κ1) is 20.3. The average Bonchev–Trinajstić information content (AvgIpc) is 3.25. The standard InChI is InChI=1S/C25H37N3O2/c29-16-22-23(20-11-3-1-4-12-20)25(28(22)15-19-9-7-8-10-19)17-27(18-25)24(30)26-21-13-5-2-6-14-21/h1,3-4,11-12,19,21-23,29H,2,5-10,13-18H2,(H,26,30)/t22-,23+/m0/s1. The summed E-state index contributed by atoms with van der Waals surface area (Å²) in [5.41, 5.74) is 1.31. The van der Waals surface area contributed by atoms with Crippen molar-refractivity contribution >= 4 is 6.03 Å². The number of benzene rings is 1. The zero-order valence-corrected chi connectivity index (χ0v) is 18.1. The molecule has 2 saturated heterocycles. The highest BCUT2D eigenvalue weighted by Crippen LogP contribution is 2.54. The lowest BCUT2D eigenvalue weighted by atomic mass is 9.60. The van der Waals surface area contributed by atoms with E-state index < -0.39 is 0 Å².